The van der Waals surface area contributed by atoms with Crippen molar-refractivity contribution in [2.45, 2.75) is 18.7 Å². The number of rotatable bonds is 7. The van der Waals surface area contributed by atoms with Crippen LogP contribution in [0.15, 0.2) is 77.7 Å². The molecule has 0 aliphatic carbocycles. The van der Waals surface area contributed by atoms with Gasteiger partial charge in [0.2, 0.25) is 0 Å². The summed E-state index contributed by atoms with van der Waals surface area (Å²) in [5, 5.41) is 0. The first-order valence-corrected chi connectivity index (χ1v) is 11.3. The standard InChI is InChI=1S/C24H23NO6S/c1-4-25(20-8-6-5-7-9-20)32(28,29)22-16-19(11-10-17(22)2)24(27)31-21-14-12-18(13-15-21)23(26)30-3/h5-16H,4H2,1-3H3. The number of esters is 2. The number of hydrogen-bond donors (Lipinski definition) is 0. The fourth-order valence-electron chi connectivity index (χ4n) is 3.15. The average Bonchev–Trinajstić information content (AvgIpc) is 2.80. The Hall–Kier alpha value is -3.65. The monoisotopic (exact) mass is 453 g/mol. The molecule has 0 radical (unpaired) electrons. The van der Waals surface area contributed by atoms with Crippen LogP contribution in [-0.2, 0) is 14.8 Å². The molecule has 8 heteroatoms. The number of carbonyl (C=O) groups is 2. The van der Waals surface area contributed by atoms with Gasteiger partial charge in [-0.2, -0.15) is 0 Å². The minimum absolute atomic E-state index is 0.0266. The molecule has 0 saturated carbocycles. The SMILES string of the molecule is CCN(c1ccccc1)S(=O)(=O)c1cc(C(=O)Oc2ccc(C(=O)OC)cc2)ccc1C. The number of sulfonamides is 1. The third-order valence-corrected chi connectivity index (χ3v) is 6.85. The van der Waals surface area contributed by atoms with Crippen molar-refractivity contribution in [1.29, 1.82) is 0 Å². The van der Waals surface area contributed by atoms with Crippen molar-refractivity contribution >= 4 is 27.6 Å². The summed E-state index contributed by atoms with van der Waals surface area (Å²) in [4.78, 5) is 24.2. The number of carbonyl (C=O) groups excluding carboxylic acids is 2. The number of aryl methyl sites for hydroxylation is 1. The van der Waals surface area contributed by atoms with Crippen LogP contribution in [0.4, 0.5) is 5.69 Å². The number of anilines is 1. The minimum Gasteiger partial charge on any atom is -0.465 e. The van der Waals surface area contributed by atoms with Gasteiger partial charge in [-0.25, -0.2) is 18.0 Å². The van der Waals surface area contributed by atoms with Gasteiger partial charge in [0.15, 0.2) is 0 Å². The molecule has 0 saturated heterocycles. The summed E-state index contributed by atoms with van der Waals surface area (Å²) in [5.41, 5.74) is 1.46. The van der Waals surface area contributed by atoms with Gasteiger partial charge in [-0.3, -0.25) is 4.31 Å². The maximum absolute atomic E-state index is 13.4. The Balaban J connectivity index is 1.89. The Labute approximate surface area is 187 Å². The van der Waals surface area contributed by atoms with E-state index in [1.165, 1.54) is 47.8 Å². The van der Waals surface area contributed by atoms with Crippen LogP contribution in [0, 0.1) is 6.92 Å². The lowest BCUT2D eigenvalue weighted by atomic mass is 10.1. The number of methoxy groups -OCH3 is 1. The molecular weight excluding hydrogens is 430 g/mol. The number of benzene rings is 3. The van der Waals surface area contributed by atoms with Crippen LogP contribution >= 0.6 is 0 Å². The lowest BCUT2D eigenvalue weighted by Gasteiger charge is -2.24. The van der Waals surface area contributed by atoms with E-state index in [2.05, 4.69) is 4.74 Å². The summed E-state index contributed by atoms with van der Waals surface area (Å²) < 4.78 is 38.0. The highest BCUT2D eigenvalue weighted by Crippen LogP contribution is 2.27. The topological polar surface area (TPSA) is 90.0 Å². The zero-order chi connectivity index (χ0) is 23.3. The molecule has 0 N–H and O–H groups in total. The zero-order valence-corrected chi connectivity index (χ0v) is 18.8. The first-order valence-electron chi connectivity index (χ1n) is 9.87. The van der Waals surface area contributed by atoms with Gasteiger partial charge in [-0.1, -0.05) is 24.3 Å². The van der Waals surface area contributed by atoms with Gasteiger partial charge in [-0.15, -0.1) is 0 Å². The lowest BCUT2D eigenvalue weighted by molar-refractivity contribution is 0.0600. The van der Waals surface area contributed by atoms with Gasteiger partial charge in [-0.05, 0) is 67.9 Å². The highest BCUT2D eigenvalue weighted by atomic mass is 32.2. The Morgan fingerprint density at radius 1 is 0.875 bits per heavy atom. The number of hydrogen-bond acceptors (Lipinski definition) is 6. The molecule has 3 aromatic carbocycles. The molecule has 3 aromatic rings. The second kappa shape index (κ2) is 9.65. The first kappa shape index (κ1) is 23.0. The van der Waals surface area contributed by atoms with E-state index in [1.807, 2.05) is 6.07 Å². The fourth-order valence-corrected chi connectivity index (χ4v) is 4.88. The molecule has 166 valence electrons. The largest absolute Gasteiger partial charge is 0.465 e. The molecule has 0 heterocycles. The molecule has 0 spiro atoms. The summed E-state index contributed by atoms with van der Waals surface area (Å²) in [6.45, 7) is 3.65. The third-order valence-electron chi connectivity index (χ3n) is 4.81. The van der Waals surface area contributed by atoms with Crippen molar-refractivity contribution in [2.24, 2.45) is 0 Å². The van der Waals surface area contributed by atoms with Gasteiger partial charge < -0.3 is 9.47 Å². The Morgan fingerprint density at radius 2 is 1.50 bits per heavy atom. The molecule has 3 rings (SSSR count). The lowest BCUT2D eigenvalue weighted by Crippen LogP contribution is -2.31. The van der Waals surface area contributed by atoms with Crippen LogP contribution in [0.5, 0.6) is 5.75 Å². The molecule has 0 aliphatic rings. The van der Waals surface area contributed by atoms with Crippen molar-refractivity contribution in [3.8, 4) is 5.75 Å². The molecule has 0 amide bonds. The number of nitrogens with zero attached hydrogens (tertiary/aromatic N) is 1. The van der Waals surface area contributed by atoms with E-state index >= 15 is 0 Å². The van der Waals surface area contributed by atoms with Crippen LogP contribution in [0.1, 0.15) is 33.2 Å². The quantitative estimate of drug-likeness (QED) is 0.393. The highest BCUT2D eigenvalue weighted by molar-refractivity contribution is 7.92. The van der Waals surface area contributed by atoms with Gasteiger partial charge in [0.1, 0.15) is 5.75 Å². The van der Waals surface area contributed by atoms with Gasteiger partial charge >= 0.3 is 11.9 Å². The predicted molar refractivity (Wildman–Crippen MR) is 121 cm³/mol. The summed E-state index contributed by atoms with van der Waals surface area (Å²) in [5.74, 6) is -1.00. The molecule has 0 bridgehead atoms. The maximum Gasteiger partial charge on any atom is 0.343 e. The average molecular weight is 454 g/mol. The van der Waals surface area contributed by atoms with Crippen molar-refractivity contribution < 1.29 is 27.5 Å². The normalized spacial score (nSPS) is 11.0. The highest BCUT2D eigenvalue weighted by Gasteiger charge is 2.26. The Morgan fingerprint density at radius 3 is 2.09 bits per heavy atom. The van der Waals surface area contributed by atoms with Crippen LogP contribution < -0.4 is 9.04 Å². The molecule has 0 unspecified atom stereocenters. The van der Waals surface area contributed by atoms with Gasteiger partial charge in [0.25, 0.3) is 10.0 Å². The van der Waals surface area contributed by atoms with Crippen molar-refractivity contribution in [1.82, 2.24) is 0 Å². The number of ether oxygens (including phenoxy) is 2. The second-order valence-corrected chi connectivity index (χ2v) is 8.72. The van der Waals surface area contributed by atoms with E-state index in [9.17, 15) is 18.0 Å². The van der Waals surface area contributed by atoms with Crippen molar-refractivity contribution in [2.75, 3.05) is 18.0 Å². The van der Waals surface area contributed by atoms with Gasteiger partial charge in [0, 0.05) is 6.54 Å². The predicted octanol–water partition coefficient (Wildman–Crippen LogP) is 4.22. The van der Waals surface area contributed by atoms with Crippen LogP contribution in [-0.4, -0.2) is 34.0 Å². The van der Waals surface area contributed by atoms with Crippen molar-refractivity contribution in [3.05, 3.63) is 89.5 Å². The molecule has 0 fully saturated rings. The molecule has 0 aromatic heterocycles. The van der Waals surface area contributed by atoms with E-state index in [-0.39, 0.29) is 22.8 Å². The molecule has 0 aliphatic heterocycles. The molecule has 32 heavy (non-hydrogen) atoms. The van der Waals surface area contributed by atoms with Gasteiger partial charge in [0.05, 0.1) is 28.8 Å². The Kier molecular flexibility index (Phi) is 6.95. The summed E-state index contributed by atoms with van der Waals surface area (Å²) >= 11 is 0. The summed E-state index contributed by atoms with van der Waals surface area (Å²) in [6.07, 6.45) is 0. The second-order valence-electron chi connectivity index (χ2n) is 6.89. The summed E-state index contributed by atoms with van der Waals surface area (Å²) in [7, 11) is -2.63. The maximum atomic E-state index is 13.4. The first-order chi connectivity index (χ1) is 15.3. The van der Waals surface area contributed by atoms with E-state index < -0.39 is 22.0 Å². The van der Waals surface area contributed by atoms with E-state index in [0.29, 0.717) is 16.8 Å². The van der Waals surface area contributed by atoms with E-state index in [4.69, 9.17) is 4.74 Å². The van der Waals surface area contributed by atoms with E-state index in [1.54, 1.807) is 44.2 Å². The van der Waals surface area contributed by atoms with Crippen molar-refractivity contribution in [3.63, 3.8) is 0 Å². The molecule has 7 nitrogen and oxygen atoms in total. The van der Waals surface area contributed by atoms with Crippen LogP contribution in [0.2, 0.25) is 0 Å². The van der Waals surface area contributed by atoms with Crippen LogP contribution in [0.25, 0.3) is 0 Å². The minimum atomic E-state index is -3.91. The molecular formula is C24H23NO6S. The Bertz CT molecular complexity index is 1220. The van der Waals surface area contributed by atoms with E-state index in [0.717, 1.165) is 0 Å². The molecule has 0 atom stereocenters. The number of para-hydroxylation sites is 1. The summed E-state index contributed by atoms with van der Waals surface area (Å²) in [6, 6.07) is 19.0. The third kappa shape index (κ3) is 4.81. The van der Waals surface area contributed by atoms with Crippen LogP contribution in [0.3, 0.4) is 0 Å². The zero-order valence-electron chi connectivity index (χ0n) is 17.9. The fraction of sp³-hybridized carbons (Fsp3) is 0.167. The smallest absolute Gasteiger partial charge is 0.343 e.